The van der Waals surface area contributed by atoms with Gasteiger partial charge in [0, 0.05) is 5.88 Å². The van der Waals surface area contributed by atoms with Gasteiger partial charge in [0.25, 0.3) is 0 Å². The van der Waals surface area contributed by atoms with Crippen LogP contribution in [0.25, 0.3) is 0 Å². The van der Waals surface area contributed by atoms with Gasteiger partial charge in [0.1, 0.15) is 0 Å². The fourth-order valence-electron chi connectivity index (χ4n) is 1.45. The van der Waals surface area contributed by atoms with Crippen molar-refractivity contribution in [2.75, 3.05) is 5.88 Å². The first-order chi connectivity index (χ1) is 3.84. The summed E-state index contributed by atoms with van der Waals surface area (Å²) in [6, 6.07) is 0. The van der Waals surface area contributed by atoms with E-state index >= 15 is 0 Å². The molecule has 1 saturated carbocycles. The molecule has 0 aromatic rings. The second kappa shape index (κ2) is 2.72. The van der Waals surface area contributed by atoms with Gasteiger partial charge < -0.3 is 0 Å². The molecular formula is C7H13Cl. The van der Waals surface area contributed by atoms with Crippen LogP contribution in [-0.2, 0) is 0 Å². The van der Waals surface area contributed by atoms with Crippen molar-refractivity contribution in [1.82, 2.24) is 0 Å². The highest BCUT2D eigenvalue weighted by Gasteiger charge is 2.21. The molecule has 0 aromatic carbocycles. The highest BCUT2D eigenvalue weighted by molar-refractivity contribution is 6.18. The number of halogens is 1. The molecule has 0 N–H and O–H groups in total. The third-order valence-corrected chi connectivity index (χ3v) is 2.63. The topological polar surface area (TPSA) is 0 Å². The third kappa shape index (κ3) is 1.17. The molecule has 1 heteroatoms. The van der Waals surface area contributed by atoms with E-state index in [0.29, 0.717) is 0 Å². The van der Waals surface area contributed by atoms with Gasteiger partial charge in [-0.2, -0.15) is 0 Å². The fraction of sp³-hybridized carbons (Fsp3) is 1.00. The number of alkyl halides is 1. The first kappa shape index (κ1) is 6.41. The SMILES string of the molecule is C[C@H]1CCC[C@H]1CCl. The van der Waals surface area contributed by atoms with Crippen LogP contribution >= 0.6 is 11.6 Å². The Labute approximate surface area is 56.2 Å². The summed E-state index contributed by atoms with van der Waals surface area (Å²) in [5.41, 5.74) is 0. The molecule has 0 nitrogen and oxygen atoms in total. The van der Waals surface area contributed by atoms with E-state index in [9.17, 15) is 0 Å². The van der Waals surface area contributed by atoms with E-state index in [1.54, 1.807) is 0 Å². The molecule has 0 bridgehead atoms. The van der Waals surface area contributed by atoms with Crippen molar-refractivity contribution >= 4 is 11.6 Å². The maximum Gasteiger partial charge on any atom is 0.0254 e. The summed E-state index contributed by atoms with van der Waals surface area (Å²) >= 11 is 5.70. The molecule has 0 unspecified atom stereocenters. The summed E-state index contributed by atoms with van der Waals surface area (Å²) in [6.07, 6.45) is 4.17. The first-order valence-corrected chi connectivity index (χ1v) is 3.94. The molecule has 0 radical (unpaired) electrons. The maximum atomic E-state index is 5.70. The molecule has 48 valence electrons. The summed E-state index contributed by atoms with van der Waals surface area (Å²) < 4.78 is 0. The fourth-order valence-corrected chi connectivity index (χ4v) is 1.91. The van der Waals surface area contributed by atoms with Crippen molar-refractivity contribution < 1.29 is 0 Å². The van der Waals surface area contributed by atoms with Crippen molar-refractivity contribution in [2.45, 2.75) is 26.2 Å². The van der Waals surface area contributed by atoms with Crippen LogP contribution in [0.4, 0.5) is 0 Å². The Morgan fingerprint density at radius 2 is 2.25 bits per heavy atom. The summed E-state index contributed by atoms with van der Waals surface area (Å²) in [4.78, 5) is 0. The average molecular weight is 133 g/mol. The van der Waals surface area contributed by atoms with Gasteiger partial charge >= 0.3 is 0 Å². The maximum absolute atomic E-state index is 5.70. The zero-order valence-corrected chi connectivity index (χ0v) is 6.12. The molecule has 0 aliphatic heterocycles. The quantitative estimate of drug-likeness (QED) is 0.482. The molecule has 0 amide bonds. The zero-order chi connectivity index (χ0) is 5.98. The first-order valence-electron chi connectivity index (χ1n) is 3.40. The van der Waals surface area contributed by atoms with Crippen LogP contribution in [0.2, 0.25) is 0 Å². The predicted molar refractivity (Wildman–Crippen MR) is 37.2 cm³/mol. The minimum Gasteiger partial charge on any atom is -0.126 e. The molecule has 0 saturated heterocycles. The molecule has 1 aliphatic rings. The lowest BCUT2D eigenvalue weighted by Crippen LogP contribution is -2.04. The third-order valence-electron chi connectivity index (χ3n) is 2.24. The Morgan fingerprint density at radius 1 is 1.50 bits per heavy atom. The van der Waals surface area contributed by atoms with Gasteiger partial charge in [0.15, 0.2) is 0 Å². The highest BCUT2D eigenvalue weighted by Crippen LogP contribution is 2.31. The van der Waals surface area contributed by atoms with Crippen molar-refractivity contribution in [3.63, 3.8) is 0 Å². The lowest BCUT2D eigenvalue weighted by atomic mass is 10.0. The average Bonchev–Trinajstić information content (AvgIpc) is 2.14. The summed E-state index contributed by atoms with van der Waals surface area (Å²) in [5, 5.41) is 0. The van der Waals surface area contributed by atoms with Crippen LogP contribution in [0.15, 0.2) is 0 Å². The molecule has 2 atom stereocenters. The van der Waals surface area contributed by atoms with Gasteiger partial charge in [-0.1, -0.05) is 19.8 Å². The van der Waals surface area contributed by atoms with Crippen molar-refractivity contribution in [3.8, 4) is 0 Å². The van der Waals surface area contributed by atoms with Gasteiger partial charge in [-0.3, -0.25) is 0 Å². The van der Waals surface area contributed by atoms with Crippen LogP contribution < -0.4 is 0 Å². The Bertz CT molecular complexity index is 70.8. The summed E-state index contributed by atoms with van der Waals surface area (Å²) in [5.74, 6) is 2.60. The molecule has 8 heavy (non-hydrogen) atoms. The van der Waals surface area contributed by atoms with Crippen LogP contribution in [0.1, 0.15) is 26.2 Å². The minimum atomic E-state index is 0.830. The molecule has 0 heterocycles. The lowest BCUT2D eigenvalue weighted by Gasteiger charge is -2.08. The van der Waals surface area contributed by atoms with Crippen LogP contribution in [0.5, 0.6) is 0 Å². The molecule has 1 fully saturated rings. The van der Waals surface area contributed by atoms with Gasteiger partial charge in [0.2, 0.25) is 0 Å². The number of rotatable bonds is 1. The van der Waals surface area contributed by atoms with E-state index in [-0.39, 0.29) is 0 Å². The Balaban J connectivity index is 2.30. The van der Waals surface area contributed by atoms with E-state index in [4.69, 9.17) is 11.6 Å². The standard InChI is InChI=1S/C7H13Cl/c1-6-3-2-4-7(6)5-8/h6-7H,2-5H2,1H3/t6-,7-/m0/s1. The molecule has 0 spiro atoms. The monoisotopic (exact) mass is 132 g/mol. The largest absolute Gasteiger partial charge is 0.126 e. The molecular weight excluding hydrogens is 120 g/mol. The van der Waals surface area contributed by atoms with E-state index in [0.717, 1.165) is 17.7 Å². The van der Waals surface area contributed by atoms with E-state index in [1.165, 1.54) is 19.3 Å². The van der Waals surface area contributed by atoms with Gasteiger partial charge in [-0.15, -0.1) is 11.6 Å². The zero-order valence-electron chi connectivity index (χ0n) is 5.36. The smallest absolute Gasteiger partial charge is 0.0254 e. The van der Waals surface area contributed by atoms with Gasteiger partial charge in [0.05, 0.1) is 0 Å². The van der Waals surface area contributed by atoms with Crippen molar-refractivity contribution in [3.05, 3.63) is 0 Å². The second-order valence-corrected chi connectivity index (χ2v) is 3.13. The van der Waals surface area contributed by atoms with E-state index in [1.807, 2.05) is 0 Å². The second-order valence-electron chi connectivity index (χ2n) is 2.82. The molecule has 1 rings (SSSR count). The van der Waals surface area contributed by atoms with Crippen molar-refractivity contribution in [1.29, 1.82) is 0 Å². The van der Waals surface area contributed by atoms with Crippen molar-refractivity contribution in [2.24, 2.45) is 11.8 Å². The Morgan fingerprint density at radius 3 is 2.50 bits per heavy atom. The number of hydrogen-bond acceptors (Lipinski definition) is 0. The predicted octanol–water partition coefficient (Wildman–Crippen LogP) is 2.66. The highest BCUT2D eigenvalue weighted by atomic mass is 35.5. The summed E-state index contributed by atoms with van der Waals surface area (Å²) in [7, 11) is 0. The van der Waals surface area contributed by atoms with Crippen LogP contribution in [0, 0.1) is 11.8 Å². The van der Waals surface area contributed by atoms with Gasteiger partial charge in [-0.25, -0.2) is 0 Å². The van der Waals surface area contributed by atoms with Crippen LogP contribution in [-0.4, -0.2) is 5.88 Å². The van der Waals surface area contributed by atoms with Crippen LogP contribution in [0.3, 0.4) is 0 Å². The Kier molecular flexibility index (Phi) is 2.18. The molecule has 0 aromatic heterocycles. The van der Waals surface area contributed by atoms with E-state index in [2.05, 4.69) is 6.92 Å². The van der Waals surface area contributed by atoms with Gasteiger partial charge in [-0.05, 0) is 18.3 Å². The molecule has 1 aliphatic carbocycles. The summed E-state index contributed by atoms with van der Waals surface area (Å²) in [6.45, 7) is 2.31. The van der Waals surface area contributed by atoms with E-state index < -0.39 is 0 Å². The Hall–Kier alpha value is 0.290. The lowest BCUT2D eigenvalue weighted by molar-refractivity contribution is 0.462. The minimum absolute atomic E-state index is 0.830. The number of hydrogen-bond donors (Lipinski definition) is 0. The normalized spacial score (nSPS) is 38.2.